The van der Waals surface area contributed by atoms with Crippen molar-refractivity contribution < 1.29 is 27.9 Å². The van der Waals surface area contributed by atoms with Crippen molar-refractivity contribution in [1.82, 2.24) is 10.2 Å². The highest BCUT2D eigenvalue weighted by Gasteiger charge is 2.39. The molecule has 1 aliphatic carbocycles. The molecule has 3 aromatic rings. The Hall–Kier alpha value is -4.12. The van der Waals surface area contributed by atoms with Crippen LogP contribution < -0.4 is 10.6 Å². The first-order valence-electron chi connectivity index (χ1n) is 14.0. The summed E-state index contributed by atoms with van der Waals surface area (Å²) in [6.45, 7) is 2.11. The van der Waals surface area contributed by atoms with Gasteiger partial charge in [-0.2, -0.15) is 0 Å². The van der Waals surface area contributed by atoms with Crippen LogP contribution in [0.2, 0.25) is 0 Å². The molecular formula is C31H33FN4O5S. The third-order valence-electron chi connectivity index (χ3n) is 7.23. The number of ether oxygens (including phenoxy) is 1. The van der Waals surface area contributed by atoms with Gasteiger partial charge in [0.2, 0.25) is 11.8 Å². The van der Waals surface area contributed by atoms with Gasteiger partial charge in [-0.3, -0.25) is 14.5 Å². The molecule has 1 aliphatic heterocycles. The molecule has 2 heterocycles. The number of nitrogens with zero attached hydrogens (tertiary/aromatic N) is 2. The van der Waals surface area contributed by atoms with E-state index in [1.54, 1.807) is 55.5 Å². The van der Waals surface area contributed by atoms with Crippen molar-refractivity contribution in [3.05, 3.63) is 84.1 Å². The van der Waals surface area contributed by atoms with E-state index < -0.39 is 29.1 Å². The predicted octanol–water partition coefficient (Wildman–Crippen LogP) is 6.56. The summed E-state index contributed by atoms with van der Waals surface area (Å²) >= 11 is 1.24. The minimum Gasteiger partial charge on any atom is -0.467 e. The number of hydrogen-bond donors (Lipinski definition) is 2. The first kappa shape index (κ1) is 29.4. The quantitative estimate of drug-likeness (QED) is 0.291. The fraction of sp³-hybridized carbons (Fsp3) is 0.355. The Labute approximate surface area is 247 Å². The molecule has 2 aliphatic rings. The molecule has 9 nitrogen and oxygen atoms in total. The minimum atomic E-state index is -0.830. The first-order chi connectivity index (χ1) is 20.4. The number of furan rings is 1. The Morgan fingerprint density at radius 1 is 1.12 bits per heavy atom. The van der Waals surface area contributed by atoms with Gasteiger partial charge in [-0.25, -0.2) is 14.2 Å². The van der Waals surface area contributed by atoms with Gasteiger partial charge in [-0.15, -0.1) is 0 Å². The van der Waals surface area contributed by atoms with Gasteiger partial charge in [0.1, 0.15) is 22.9 Å². The molecule has 1 unspecified atom stereocenters. The SMILES string of the molecule is C[C@H](NC(=O)OCC1CCCCC1)C(=O)Nc1cccc(C2SC(=Nc3cccc(F)c3)N(Cc3ccco3)C2=O)c1. The second kappa shape index (κ2) is 13.7. The van der Waals surface area contributed by atoms with Crippen molar-refractivity contribution in [2.24, 2.45) is 10.9 Å². The van der Waals surface area contributed by atoms with Gasteiger partial charge in [0.15, 0.2) is 5.17 Å². The van der Waals surface area contributed by atoms with E-state index in [0.29, 0.717) is 40.4 Å². The number of anilines is 1. The van der Waals surface area contributed by atoms with Crippen molar-refractivity contribution in [3.63, 3.8) is 0 Å². The van der Waals surface area contributed by atoms with Crippen LogP contribution in [0.25, 0.3) is 0 Å². The van der Waals surface area contributed by atoms with Gasteiger partial charge in [-0.1, -0.05) is 49.2 Å². The smallest absolute Gasteiger partial charge is 0.407 e. The predicted molar refractivity (Wildman–Crippen MR) is 159 cm³/mol. The molecule has 2 fully saturated rings. The number of alkyl carbamates (subject to hydrolysis) is 1. The molecule has 0 bridgehead atoms. The molecule has 1 saturated carbocycles. The number of carbonyl (C=O) groups excluding carboxylic acids is 3. The summed E-state index contributed by atoms with van der Waals surface area (Å²) < 4.78 is 24.6. The maximum atomic E-state index is 13.8. The van der Waals surface area contributed by atoms with Crippen molar-refractivity contribution in [2.75, 3.05) is 11.9 Å². The molecule has 5 rings (SSSR count). The van der Waals surface area contributed by atoms with Gasteiger partial charge < -0.3 is 19.8 Å². The summed E-state index contributed by atoms with van der Waals surface area (Å²) in [6.07, 6.45) is 6.56. The van der Waals surface area contributed by atoms with Crippen molar-refractivity contribution in [1.29, 1.82) is 0 Å². The maximum absolute atomic E-state index is 13.8. The average Bonchev–Trinajstić information content (AvgIpc) is 3.61. The Bertz CT molecular complexity index is 1440. The zero-order chi connectivity index (χ0) is 29.5. The number of hydrogen-bond acceptors (Lipinski definition) is 7. The summed E-state index contributed by atoms with van der Waals surface area (Å²) in [5.41, 5.74) is 1.52. The Balaban J connectivity index is 1.25. The van der Waals surface area contributed by atoms with Crippen LogP contribution in [-0.2, 0) is 20.9 Å². The summed E-state index contributed by atoms with van der Waals surface area (Å²) in [5, 5.41) is 5.16. The number of carbonyl (C=O) groups is 3. The van der Waals surface area contributed by atoms with Gasteiger partial charge in [0, 0.05) is 5.69 Å². The molecule has 2 aromatic carbocycles. The highest BCUT2D eigenvalue weighted by atomic mass is 32.2. The van der Waals surface area contributed by atoms with Crippen molar-refractivity contribution in [2.45, 2.75) is 56.9 Å². The second-order valence-corrected chi connectivity index (χ2v) is 11.5. The molecule has 0 radical (unpaired) electrons. The zero-order valence-corrected chi connectivity index (χ0v) is 24.1. The molecule has 220 valence electrons. The topological polar surface area (TPSA) is 113 Å². The number of thioether (sulfide) groups is 1. The number of amidine groups is 1. The number of amides is 3. The number of aliphatic imine (C=N–C) groups is 1. The Morgan fingerprint density at radius 3 is 2.69 bits per heavy atom. The Kier molecular flexibility index (Phi) is 9.58. The monoisotopic (exact) mass is 592 g/mol. The van der Waals surface area contributed by atoms with Gasteiger partial charge in [0.25, 0.3) is 0 Å². The third kappa shape index (κ3) is 7.58. The standard InChI is InChI=1S/C31H33FN4O5S/c1-20(33-31(39)41-19-21-8-3-2-4-9-21)28(37)34-24-12-5-10-22(16-24)27-29(38)36(18-26-14-7-15-40-26)30(42-27)35-25-13-6-11-23(32)17-25/h5-7,10-17,20-21,27H,2-4,8-9,18-19H2,1H3,(H,33,39)(H,34,37)/t20-,27?/m0/s1. The van der Waals surface area contributed by atoms with E-state index >= 15 is 0 Å². The van der Waals surface area contributed by atoms with Crippen LogP contribution >= 0.6 is 11.8 Å². The zero-order valence-electron chi connectivity index (χ0n) is 23.3. The lowest BCUT2D eigenvalue weighted by Gasteiger charge is -2.21. The normalized spacial score (nSPS) is 19.1. The molecule has 3 amide bonds. The van der Waals surface area contributed by atoms with Crippen molar-refractivity contribution in [3.8, 4) is 0 Å². The van der Waals surface area contributed by atoms with Crippen LogP contribution in [0.3, 0.4) is 0 Å². The van der Waals surface area contributed by atoms with Crippen LogP contribution in [0.15, 0.2) is 76.3 Å². The number of nitrogens with one attached hydrogen (secondary N) is 2. The van der Waals surface area contributed by atoms with E-state index in [4.69, 9.17) is 9.15 Å². The Morgan fingerprint density at radius 2 is 1.93 bits per heavy atom. The van der Waals surface area contributed by atoms with Gasteiger partial charge in [0.05, 0.1) is 25.1 Å². The fourth-order valence-electron chi connectivity index (χ4n) is 4.97. The summed E-state index contributed by atoms with van der Waals surface area (Å²) in [5.74, 6) is -0.103. The van der Waals surface area contributed by atoms with E-state index in [9.17, 15) is 18.8 Å². The van der Waals surface area contributed by atoms with Crippen molar-refractivity contribution >= 4 is 46.2 Å². The number of halogens is 1. The number of benzene rings is 2. The molecule has 2 atom stereocenters. The van der Waals surface area contributed by atoms with Crippen LogP contribution in [0, 0.1) is 11.7 Å². The fourth-order valence-corrected chi connectivity index (χ4v) is 6.14. The molecular weight excluding hydrogens is 559 g/mol. The third-order valence-corrected chi connectivity index (χ3v) is 8.46. The summed E-state index contributed by atoms with van der Waals surface area (Å²) in [6, 6.07) is 15.5. The molecule has 42 heavy (non-hydrogen) atoms. The van der Waals surface area contributed by atoms with E-state index in [1.165, 1.54) is 41.5 Å². The van der Waals surface area contributed by atoms with E-state index in [-0.39, 0.29) is 12.5 Å². The number of rotatable bonds is 9. The molecule has 1 aromatic heterocycles. The molecule has 0 spiro atoms. The minimum absolute atomic E-state index is 0.167. The highest BCUT2D eigenvalue weighted by Crippen LogP contribution is 2.42. The van der Waals surface area contributed by atoms with Gasteiger partial charge >= 0.3 is 6.09 Å². The van der Waals surface area contributed by atoms with E-state index in [0.717, 1.165) is 25.7 Å². The van der Waals surface area contributed by atoms with Crippen LogP contribution in [0.5, 0.6) is 0 Å². The lowest BCUT2D eigenvalue weighted by molar-refractivity contribution is -0.126. The molecule has 1 saturated heterocycles. The molecule has 11 heteroatoms. The second-order valence-electron chi connectivity index (χ2n) is 10.5. The first-order valence-corrected chi connectivity index (χ1v) is 14.9. The largest absolute Gasteiger partial charge is 0.467 e. The maximum Gasteiger partial charge on any atom is 0.407 e. The van der Waals surface area contributed by atoms with Crippen LogP contribution in [0.4, 0.5) is 20.6 Å². The van der Waals surface area contributed by atoms with Crippen LogP contribution in [-0.4, -0.2) is 40.6 Å². The van der Waals surface area contributed by atoms with Crippen LogP contribution in [0.1, 0.15) is 55.6 Å². The van der Waals surface area contributed by atoms with Gasteiger partial charge in [-0.05, 0) is 73.7 Å². The van der Waals surface area contributed by atoms with E-state index in [2.05, 4.69) is 15.6 Å². The highest BCUT2D eigenvalue weighted by molar-refractivity contribution is 8.15. The summed E-state index contributed by atoms with van der Waals surface area (Å²) in [4.78, 5) is 44.7. The average molecular weight is 593 g/mol. The lowest BCUT2D eigenvalue weighted by Crippen LogP contribution is -2.42. The summed E-state index contributed by atoms with van der Waals surface area (Å²) in [7, 11) is 0. The van der Waals surface area contributed by atoms with E-state index in [1.807, 2.05) is 0 Å². The lowest BCUT2D eigenvalue weighted by atomic mass is 9.90. The molecule has 2 N–H and O–H groups in total.